The van der Waals surface area contributed by atoms with E-state index in [1.165, 1.54) is 5.56 Å². The molecule has 1 unspecified atom stereocenters. The number of carbonyl (C=O) groups excluding carboxylic acids is 1. The van der Waals surface area contributed by atoms with E-state index in [2.05, 4.69) is 37.2 Å². The van der Waals surface area contributed by atoms with Gasteiger partial charge in [0.2, 0.25) is 5.91 Å². The number of nitrogens with zero attached hydrogens (tertiary/aromatic N) is 2. The number of hydrogen-bond acceptors (Lipinski definition) is 4. The summed E-state index contributed by atoms with van der Waals surface area (Å²) in [5.74, 6) is 0.170. The maximum absolute atomic E-state index is 12.7. The molecule has 4 rings (SSSR count). The molecule has 1 saturated heterocycles. The number of benzene rings is 1. The summed E-state index contributed by atoms with van der Waals surface area (Å²) in [4.78, 5) is 15.1. The zero-order valence-corrected chi connectivity index (χ0v) is 15.3. The summed E-state index contributed by atoms with van der Waals surface area (Å²) < 4.78 is 0. The van der Waals surface area contributed by atoms with Crippen LogP contribution >= 0.6 is 11.3 Å². The number of thiophene rings is 1. The first kappa shape index (κ1) is 17.0. The van der Waals surface area contributed by atoms with Gasteiger partial charge < -0.3 is 5.32 Å². The van der Waals surface area contributed by atoms with E-state index in [0.29, 0.717) is 0 Å². The van der Waals surface area contributed by atoms with Crippen LogP contribution in [0.2, 0.25) is 0 Å². The number of aromatic amines is 1. The highest BCUT2D eigenvalue weighted by Crippen LogP contribution is 2.23. The molecule has 0 bridgehead atoms. The van der Waals surface area contributed by atoms with Crippen molar-refractivity contribution in [3.8, 4) is 11.3 Å². The molecule has 2 aromatic heterocycles. The van der Waals surface area contributed by atoms with Crippen molar-refractivity contribution >= 4 is 22.9 Å². The predicted molar refractivity (Wildman–Crippen MR) is 105 cm³/mol. The Balaban J connectivity index is 1.35. The Hall–Kier alpha value is -2.44. The Kier molecular flexibility index (Phi) is 5.13. The Labute approximate surface area is 157 Å². The molecule has 3 aromatic rings. The third kappa shape index (κ3) is 4.03. The number of carbonyl (C=O) groups is 1. The molecule has 134 valence electrons. The van der Waals surface area contributed by atoms with E-state index in [1.807, 2.05) is 30.3 Å². The highest BCUT2D eigenvalue weighted by molar-refractivity contribution is 7.07. The molecule has 1 aliphatic heterocycles. The average Bonchev–Trinajstić information content (AvgIpc) is 3.36. The first-order valence-electron chi connectivity index (χ1n) is 8.92. The van der Waals surface area contributed by atoms with Crippen LogP contribution in [0.3, 0.4) is 0 Å². The number of H-pyrrole nitrogens is 1. The van der Waals surface area contributed by atoms with E-state index in [0.717, 1.165) is 49.4 Å². The van der Waals surface area contributed by atoms with Crippen LogP contribution in [0.4, 0.5) is 5.69 Å². The van der Waals surface area contributed by atoms with Gasteiger partial charge in [0.1, 0.15) is 0 Å². The van der Waals surface area contributed by atoms with Crippen LogP contribution in [-0.2, 0) is 11.3 Å². The monoisotopic (exact) mass is 366 g/mol. The summed E-state index contributed by atoms with van der Waals surface area (Å²) >= 11 is 1.73. The quantitative estimate of drug-likeness (QED) is 0.718. The van der Waals surface area contributed by atoms with E-state index in [4.69, 9.17) is 0 Å². The van der Waals surface area contributed by atoms with Crippen LogP contribution in [-0.4, -0.2) is 34.1 Å². The molecule has 5 nitrogen and oxygen atoms in total. The van der Waals surface area contributed by atoms with Crippen molar-refractivity contribution in [1.29, 1.82) is 0 Å². The summed E-state index contributed by atoms with van der Waals surface area (Å²) in [6.45, 7) is 2.83. The van der Waals surface area contributed by atoms with Crippen molar-refractivity contribution in [1.82, 2.24) is 15.1 Å². The van der Waals surface area contributed by atoms with Crippen LogP contribution in [0, 0.1) is 5.92 Å². The molecule has 6 heteroatoms. The number of piperidine rings is 1. The van der Waals surface area contributed by atoms with Gasteiger partial charge in [-0.1, -0.05) is 12.1 Å². The largest absolute Gasteiger partial charge is 0.326 e. The predicted octanol–water partition coefficient (Wildman–Crippen LogP) is 3.99. The van der Waals surface area contributed by atoms with E-state index in [9.17, 15) is 4.79 Å². The van der Waals surface area contributed by atoms with Crippen molar-refractivity contribution < 1.29 is 4.79 Å². The van der Waals surface area contributed by atoms with Gasteiger partial charge in [-0.2, -0.15) is 16.4 Å². The maximum Gasteiger partial charge on any atom is 0.228 e. The fraction of sp³-hybridized carbons (Fsp3) is 0.300. The van der Waals surface area contributed by atoms with E-state index in [-0.39, 0.29) is 11.8 Å². The summed E-state index contributed by atoms with van der Waals surface area (Å²) in [5, 5.41) is 14.3. The molecule has 0 saturated carbocycles. The third-order valence-corrected chi connectivity index (χ3v) is 5.56. The van der Waals surface area contributed by atoms with E-state index >= 15 is 0 Å². The molecule has 1 amide bonds. The number of hydrogen-bond donors (Lipinski definition) is 2. The molecule has 26 heavy (non-hydrogen) atoms. The highest BCUT2D eigenvalue weighted by atomic mass is 32.1. The molecule has 1 atom stereocenters. The number of likely N-dealkylation sites (tertiary alicyclic amines) is 1. The van der Waals surface area contributed by atoms with Crippen molar-refractivity contribution in [2.45, 2.75) is 19.4 Å². The van der Waals surface area contributed by atoms with E-state index in [1.54, 1.807) is 17.5 Å². The Morgan fingerprint density at radius 1 is 1.27 bits per heavy atom. The Bertz CT molecular complexity index is 827. The SMILES string of the molecule is O=C(Nc1ccc(-c2ccn[nH]2)cc1)C1CCCN(Cc2ccsc2)C1. The zero-order valence-electron chi connectivity index (χ0n) is 14.5. The van der Waals surface area contributed by atoms with Crippen molar-refractivity contribution in [2.75, 3.05) is 18.4 Å². The molecule has 0 radical (unpaired) electrons. The maximum atomic E-state index is 12.7. The van der Waals surface area contributed by atoms with Gasteiger partial charge in [0.15, 0.2) is 0 Å². The van der Waals surface area contributed by atoms with Crippen LogP contribution in [0.25, 0.3) is 11.3 Å². The molecular formula is C20H22N4OS. The number of amides is 1. The smallest absolute Gasteiger partial charge is 0.228 e. The molecule has 1 aliphatic rings. The Morgan fingerprint density at radius 2 is 2.15 bits per heavy atom. The van der Waals surface area contributed by atoms with Gasteiger partial charge in [0.05, 0.1) is 11.6 Å². The lowest BCUT2D eigenvalue weighted by Crippen LogP contribution is -2.40. The van der Waals surface area contributed by atoms with Gasteiger partial charge in [-0.05, 0) is 65.5 Å². The lowest BCUT2D eigenvalue weighted by atomic mass is 9.96. The summed E-state index contributed by atoms with van der Waals surface area (Å²) in [5.41, 5.74) is 4.21. The molecule has 1 aromatic carbocycles. The average molecular weight is 366 g/mol. The van der Waals surface area contributed by atoms with Gasteiger partial charge in [-0.15, -0.1) is 0 Å². The van der Waals surface area contributed by atoms with Gasteiger partial charge >= 0.3 is 0 Å². The van der Waals surface area contributed by atoms with Crippen LogP contribution < -0.4 is 5.32 Å². The fourth-order valence-electron chi connectivity index (χ4n) is 3.45. The summed E-state index contributed by atoms with van der Waals surface area (Å²) in [7, 11) is 0. The molecule has 0 spiro atoms. The second kappa shape index (κ2) is 7.85. The second-order valence-electron chi connectivity index (χ2n) is 6.74. The molecule has 0 aliphatic carbocycles. The molecule has 3 heterocycles. The van der Waals surface area contributed by atoms with Crippen LogP contribution in [0.5, 0.6) is 0 Å². The van der Waals surface area contributed by atoms with Gasteiger partial charge in [-0.3, -0.25) is 14.8 Å². The minimum Gasteiger partial charge on any atom is -0.326 e. The number of anilines is 1. The topological polar surface area (TPSA) is 61.0 Å². The highest BCUT2D eigenvalue weighted by Gasteiger charge is 2.25. The van der Waals surface area contributed by atoms with Gasteiger partial charge in [-0.25, -0.2) is 0 Å². The van der Waals surface area contributed by atoms with Gasteiger partial charge in [0, 0.05) is 25.0 Å². The first-order chi connectivity index (χ1) is 12.8. The summed E-state index contributed by atoms with van der Waals surface area (Å²) in [6.07, 6.45) is 3.76. The second-order valence-corrected chi connectivity index (χ2v) is 7.52. The van der Waals surface area contributed by atoms with Gasteiger partial charge in [0.25, 0.3) is 0 Å². The van der Waals surface area contributed by atoms with Crippen molar-refractivity contribution in [2.24, 2.45) is 5.92 Å². The Morgan fingerprint density at radius 3 is 2.88 bits per heavy atom. The zero-order chi connectivity index (χ0) is 17.8. The standard InChI is InChI=1S/C20H22N4OS/c25-20(17-2-1-10-24(13-17)12-15-8-11-26-14-15)22-18-5-3-16(4-6-18)19-7-9-21-23-19/h3-9,11,14,17H,1-2,10,12-13H2,(H,21,23)(H,22,25). The van der Waals surface area contributed by atoms with Crippen molar-refractivity contribution in [3.05, 3.63) is 58.9 Å². The van der Waals surface area contributed by atoms with E-state index < -0.39 is 0 Å². The lowest BCUT2D eigenvalue weighted by Gasteiger charge is -2.31. The fourth-order valence-corrected chi connectivity index (χ4v) is 4.11. The summed E-state index contributed by atoms with van der Waals surface area (Å²) in [6, 6.07) is 12.0. The molecular weight excluding hydrogens is 344 g/mol. The number of aromatic nitrogens is 2. The molecule has 2 N–H and O–H groups in total. The minimum atomic E-state index is 0.0506. The number of rotatable bonds is 5. The number of nitrogens with one attached hydrogen (secondary N) is 2. The molecule has 1 fully saturated rings. The first-order valence-corrected chi connectivity index (χ1v) is 9.86. The minimum absolute atomic E-state index is 0.0506. The lowest BCUT2D eigenvalue weighted by molar-refractivity contribution is -0.121. The third-order valence-electron chi connectivity index (χ3n) is 4.83. The van der Waals surface area contributed by atoms with Crippen LogP contribution in [0.15, 0.2) is 53.4 Å². The normalized spacial score (nSPS) is 17.9. The van der Waals surface area contributed by atoms with Crippen molar-refractivity contribution in [3.63, 3.8) is 0 Å². The van der Waals surface area contributed by atoms with Crippen LogP contribution in [0.1, 0.15) is 18.4 Å².